The summed E-state index contributed by atoms with van der Waals surface area (Å²) in [5.41, 5.74) is 1.18. The lowest BCUT2D eigenvalue weighted by Crippen LogP contribution is -2.41. The van der Waals surface area contributed by atoms with Crippen molar-refractivity contribution in [2.45, 2.75) is 47.1 Å². The second kappa shape index (κ2) is 7.04. The lowest BCUT2D eigenvalue weighted by molar-refractivity contribution is -0.115. The fourth-order valence-electron chi connectivity index (χ4n) is 1.68. The Morgan fingerprint density at radius 3 is 2.38 bits per heavy atom. The van der Waals surface area contributed by atoms with Crippen molar-refractivity contribution in [3.8, 4) is 0 Å². The zero-order valence-corrected chi connectivity index (χ0v) is 14.4. The van der Waals surface area contributed by atoms with Gasteiger partial charge in [-0.3, -0.25) is 4.79 Å². The second-order valence-electron chi connectivity index (χ2n) is 5.86. The molecule has 5 nitrogen and oxygen atoms in total. The number of esters is 1. The molecule has 21 heavy (non-hydrogen) atoms. The van der Waals surface area contributed by atoms with Gasteiger partial charge < -0.3 is 15.4 Å². The van der Waals surface area contributed by atoms with Crippen LogP contribution >= 0.6 is 11.3 Å². The third-order valence-electron chi connectivity index (χ3n) is 2.90. The minimum absolute atomic E-state index is 0.136. The Hall–Kier alpha value is -1.40. The van der Waals surface area contributed by atoms with Gasteiger partial charge in [-0.1, -0.05) is 0 Å². The molecule has 0 radical (unpaired) electrons. The van der Waals surface area contributed by atoms with E-state index >= 15 is 0 Å². The van der Waals surface area contributed by atoms with E-state index < -0.39 is 5.97 Å². The summed E-state index contributed by atoms with van der Waals surface area (Å²) in [6.45, 7) is 12.0. The number of aryl methyl sites for hydroxylation is 1. The van der Waals surface area contributed by atoms with E-state index in [-0.39, 0.29) is 18.0 Å². The van der Waals surface area contributed by atoms with Crippen LogP contribution in [0, 0.1) is 13.8 Å². The molecule has 0 saturated heterocycles. The quantitative estimate of drug-likeness (QED) is 0.820. The Labute approximate surface area is 130 Å². The van der Waals surface area contributed by atoms with E-state index in [0.29, 0.717) is 17.2 Å². The Bertz CT molecular complexity index is 530. The van der Waals surface area contributed by atoms with Gasteiger partial charge >= 0.3 is 5.97 Å². The van der Waals surface area contributed by atoms with E-state index in [1.807, 2.05) is 34.6 Å². The van der Waals surface area contributed by atoms with Crippen LogP contribution in [0.3, 0.4) is 0 Å². The molecule has 1 rings (SSSR count). The molecule has 0 fully saturated rings. The number of rotatable bonds is 5. The van der Waals surface area contributed by atoms with E-state index in [0.717, 1.165) is 10.4 Å². The molecule has 0 spiro atoms. The number of hydrogen-bond acceptors (Lipinski definition) is 5. The highest BCUT2D eigenvalue weighted by atomic mass is 32.1. The summed E-state index contributed by atoms with van der Waals surface area (Å²) in [6.07, 6.45) is 0. The van der Waals surface area contributed by atoms with Crippen LogP contribution in [0.5, 0.6) is 0 Å². The van der Waals surface area contributed by atoms with Gasteiger partial charge in [-0.2, -0.15) is 0 Å². The maximum atomic E-state index is 12.0. The standard InChI is InChI=1S/C15H24N2O3S/c1-7-20-14(19)12-9(2)10(3)21-13(12)17-11(18)8-16-15(4,5)6/h16H,7-8H2,1-6H3,(H,17,18). The molecule has 0 aliphatic heterocycles. The lowest BCUT2D eigenvalue weighted by Gasteiger charge is -2.19. The Kier molecular flexibility index (Phi) is 5.92. The van der Waals surface area contributed by atoms with Gasteiger partial charge in [0.1, 0.15) is 5.00 Å². The molecule has 0 saturated carbocycles. The van der Waals surface area contributed by atoms with Gasteiger partial charge in [0, 0.05) is 10.4 Å². The Morgan fingerprint density at radius 1 is 1.24 bits per heavy atom. The van der Waals surface area contributed by atoms with Crippen LogP contribution in [-0.4, -0.2) is 30.6 Å². The number of anilines is 1. The molecule has 0 unspecified atom stereocenters. The summed E-state index contributed by atoms with van der Waals surface area (Å²) >= 11 is 1.40. The summed E-state index contributed by atoms with van der Waals surface area (Å²) in [7, 11) is 0. The van der Waals surface area contributed by atoms with Crippen molar-refractivity contribution >= 4 is 28.2 Å². The van der Waals surface area contributed by atoms with Gasteiger partial charge in [0.2, 0.25) is 5.91 Å². The number of amides is 1. The van der Waals surface area contributed by atoms with Gasteiger partial charge in [0.05, 0.1) is 18.7 Å². The average Bonchev–Trinajstić information content (AvgIpc) is 2.62. The third kappa shape index (κ3) is 5.13. The predicted molar refractivity (Wildman–Crippen MR) is 86.1 cm³/mol. The number of carbonyl (C=O) groups excluding carboxylic acids is 2. The molecule has 0 atom stereocenters. The maximum Gasteiger partial charge on any atom is 0.341 e. The van der Waals surface area contributed by atoms with Gasteiger partial charge in [-0.25, -0.2) is 4.79 Å². The number of nitrogens with one attached hydrogen (secondary N) is 2. The van der Waals surface area contributed by atoms with E-state index in [1.165, 1.54) is 11.3 Å². The first-order valence-electron chi connectivity index (χ1n) is 6.97. The largest absolute Gasteiger partial charge is 0.462 e. The average molecular weight is 312 g/mol. The van der Waals surface area contributed by atoms with Gasteiger partial charge in [-0.05, 0) is 47.1 Å². The summed E-state index contributed by atoms with van der Waals surface area (Å²) in [4.78, 5) is 25.0. The third-order valence-corrected chi connectivity index (χ3v) is 4.02. The zero-order chi connectivity index (χ0) is 16.2. The Balaban J connectivity index is 2.86. The van der Waals surface area contributed by atoms with Crippen molar-refractivity contribution in [1.82, 2.24) is 5.32 Å². The molecule has 1 heterocycles. The molecule has 6 heteroatoms. The van der Waals surface area contributed by atoms with Crippen LogP contribution in [0.15, 0.2) is 0 Å². The molecule has 0 bridgehead atoms. The molecule has 2 N–H and O–H groups in total. The Morgan fingerprint density at radius 2 is 1.86 bits per heavy atom. The van der Waals surface area contributed by atoms with Crippen molar-refractivity contribution in [2.24, 2.45) is 0 Å². The van der Waals surface area contributed by atoms with Gasteiger partial charge in [-0.15, -0.1) is 11.3 Å². The fraction of sp³-hybridized carbons (Fsp3) is 0.600. The van der Waals surface area contributed by atoms with E-state index in [9.17, 15) is 9.59 Å². The summed E-state index contributed by atoms with van der Waals surface area (Å²) in [5, 5.41) is 6.47. The molecule has 0 aliphatic rings. The van der Waals surface area contributed by atoms with Crippen LogP contribution in [0.1, 0.15) is 48.5 Å². The highest BCUT2D eigenvalue weighted by Crippen LogP contribution is 2.32. The molecule has 0 aliphatic carbocycles. The minimum Gasteiger partial charge on any atom is -0.462 e. The van der Waals surface area contributed by atoms with Crippen molar-refractivity contribution < 1.29 is 14.3 Å². The van der Waals surface area contributed by atoms with Crippen LogP contribution < -0.4 is 10.6 Å². The zero-order valence-electron chi connectivity index (χ0n) is 13.5. The lowest BCUT2D eigenvalue weighted by atomic mass is 10.1. The van der Waals surface area contributed by atoms with E-state index in [4.69, 9.17) is 4.74 Å². The highest BCUT2D eigenvalue weighted by Gasteiger charge is 2.22. The predicted octanol–water partition coefficient (Wildman–Crippen LogP) is 2.87. The summed E-state index contributed by atoms with van der Waals surface area (Å²) in [6, 6.07) is 0. The molecular formula is C15H24N2O3S. The molecular weight excluding hydrogens is 288 g/mol. The van der Waals surface area contributed by atoms with Gasteiger partial charge in [0.25, 0.3) is 0 Å². The highest BCUT2D eigenvalue weighted by molar-refractivity contribution is 7.16. The second-order valence-corrected chi connectivity index (χ2v) is 7.08. The number of ether oxygens (including phenoxy) is 1. The van der Waals surface area contributed by atoms with E-state index in [2.05, 4.69) is 10.6 Å². The molecule has 118 valence electrons. The number of carbonyl (C=O) groups is 2. The molecule has 1 aromatic heterocycles. The van der Waals surface area contributed by atoms with Crippen molar-refractivity contribution in [3.05, 3.63) is 16.0 Å². The SMILES string of the molecule is CCOC(=O)c1c(NC(=O)CNC(C)(C)C)sc(C)c1C. The normalized spacial score (nSPS) is 11.3. The first-order chi connectivity index (χ1) is 9.65. The first-order valence-corrected chi connectivity index (χ1v) is 7.79. The minimum atomic E-state index is -0.390. The summed E-state index contributed by atoms with van der Waals surface area (Å²) in [5.74, 6) is -0.560. The topological polar surface area (TPSA) is 67.4 Å². The van der Waals surface area contributed by atoms with Crippen molar-refractivity contribution in [3.63, 3.8) is 0 Å². The molecule has 1 amide bonds. The van der Waals surface area contributed by atoms with Crippen molar-refractivity contribution in [2.75, 3.05) is 18.5 Å². The van der Waals surface area contributed by atoms with Crippen LogP contribution in [0.4, 0.5) is 5.00 Å². The van der Waals surface area contributed by atoms with Gasteiger partial charge in [0.15, 0.2) is 0 Å². The van der Waals surface area contributed by atoms with Crippen LogP contribution in [-0.2, 0) is 9.53 Å². The van der Waals surface area contributed by atoms with E-state index in [1.54, 1.807) is 6.92 Å². The molecule has 0 aromatic carbocycles. The van der Waals surface area contributed by atoms with Crippen molar-refractivity contribution in [1.29, 1.82) is 0 Å². The smallest absolute Gasteiger partial charge is 0.341 e. The fourth-order valence-corrected chi connectivity index (χ4v) is 2.75. The first kappa shape index (κ1) is 17.7. The van der Waals surface area contributed by atoms with Crippen LogP contribution in [0.2, 0.25) is 0 Å². The summed E-state index contributed by atoms with van der Waals surface area (Å²) < 4.78 is 5.06. The number of hydrogen-bond donors (Lipinski definition) is 2. The monoisotopic (exact) mass is 312 g/mol. The maximum absolute atomic E-state index is 12.0. The number of thiophene rings is 1. The van der Waals surface area contributed by atoms with Crippen LogP contribution in [0.25, 0.3) is 0 Å². The molecule has 1 aromatic rings.